The molecule has 0 aromatic carbocycles. The Morgan fingerprint density at radius 1 is 1.14 bits per heavy atom. The maximum absolute atomic E-state index is 12.1. The molecule has 1 N–H and O–H groups in total. The minimum atomic E-state index is -0.581. The van der Waals surface area contributed by atoms with Gasteiger partial charge in [0.1, 0.15) is 9.88 Å². The van der Waals surface area contributed by atoms with E-state index in [1.165, 1.54) is 6.92 Å². The molecule has 6 nitrogen and oxygen atoms in total. The molecule has 0 aliphatic carbocycles. The van der Waals surface area contributed by atoms with Gasteiger partial charge in [-0.15, -0.1) is 11.3 Å². The molecule has 0 saturated heterocycles. The molecular weight excluding hydrogens is 362 g/mol. The third-order valence-electron chi connectivity index (χ3n) is 2.37. The van der Waals surface area contributed by atoms with Crippen LogP contribution in [0.1, 0.15) is 46.4 Å². The van der Waals surface area contributed by atoms with Gasteiger partial charge >= 0.3 is 11.9 Å². The molecule has 0 aliphatic heterocycles. The van der Waals surface area contributed by atoms with Gasteiger partial charge in [-0.05, 0) is 13.8 Å². The van der Waals surface area contributed by atoms with Crippen LogP contribution in [0.4, 0.5) is 5.00 Å². The summed E-state index contributed by atoms with van der Waals surface area (Å²) in [7, 11) is 0. The minimum Gasteiger partial charge on any atom is -0.462 e. The van der Waals surface area contributed by atoms with Gasteiger partial charge in [0, 0.05) is 17.8 Å². The fourth-order valence-electron chi connectivity index (χ4n) is 1.62. The fourth-order valence-corrected chi connectivity index (χ4v) is 3.51. The van der Waals surface area contributed by atoms with E-state index in [0.29, 0.717) is 10.6 Å². The maximum atomic E-state index is 12.1. The topological polar surface area (TPSA) is 81.7 Å². The van der Waals surface area contributed by atoms with Gasteiger partial charge in [-0.25, -0.2) is 9.59 Å². The van der Waals surface area contributed by atoms with Gasteiger partial charge in [-0.3, -0.25) is 4.79 Å². The van der Waals surface area contributed by atoms with Crippen molar-refractivity contribution < 1.29 is 23.9 Å². The summed E-state index contributed by atoms with van der Waals surface area (Å²) in [5.41, 5.74) is 0.651. The summed E-state index contributed by atoms with van der Waals surface area (Å²) >= 11 is 4.26. The van der Waals surface area contributed by atoms with Gasteiger partial charge < -0.3 is 14.8 Å². The summed E-state index contributed by atoms with van der Waals surface area (Å²) in [4.78, 5) is 35.6. The lowest BCUT2D eigenvalue weighted by atomic mass is 10.1. The molecular formula is C13H16BrNO5S. The highest BCUT2D eigenvalue weighted by molar-refractivity contribution is 9.08. The van der Waals surface area contributed by atoms with Crippen molar-refractivity contribution in [1.29, 1.82) is 0 Å². The number of halogens is 1. The van der Waals surface area contributed by atoms with Crippen LogP contribution in [0.3, 0.4) is 0 Å². The number of ether oxygens (including phenoxy) is 2. The number of amides is 1. The summed E-state index contributed by atoms with van der Waals surface area (Å²) in [5.74, 6) is -1.44. The van der Waals surface area contributed by atoms with E-state index in [1.54, 1.807) is 13.8 Å². The second kappa shape index (κ2) is 8.14. The molecule has 1 aromatic rings. The predicted octanol–water partition coefficient (Wildman–Crippen LogP) is 2.95. The first-order valence-corrected chi connectivity index (χ1v) is 8.23. The van der Waals surface area contributed by atoms with Crippen molar-refractivity contribution in [3.05, 3.63) is 16.0 Å². The van der Waals surface area contributed by atoms with Crippen LogP contribution < -0.4 is 5.32 Å². The number of alkyl halides is 1. The van der Waals surface area contributed by atoms with Crippen molar-refractivity contribution in [2.24, 2.45) is 0 Å². The number of anilines is 1. The highest BCUT2D eigenvalue weighted by atomic mass is 79.9. The first-order chi connectivity index (χ1) is 9.96. The lowest BCUT2D eigenvalue weighted by molar-refractivity contribution is -0.114. The number of esters is 2. The molecule has 0 radical (unpaired) electrons. The molecule has 0 bridgehead atoms. The van der Waals surface area contributed by atoms with E-state index in [9.17, 15) is 14.4 Å². The fraction of sp³-hybridized carbons (Fsp3) is 0.462. The molecule has 0 atom stereocenters. The zero-order valence-electron chi connectivity index (χ0n) is 11.9. The van der Waals surface area contributed by atoms with E-state index < -0.39 is 11.9 Å². The van der Waals surface area contributed by atoms with Crippen molar-refractivity contribution >= 4 is 50.1 Å². The Labute approximate surface area is 134 Å². The molecule has 1 amide bonds. The normalized spacial score (nSPS) is 10.1. The van der Waals surface area contributed by atoms with E-state index in [2.05, 4.69) is 21.2 Å². The molecule has 21 heavy (non-hydrogen) atoms. The number of nitrogens with one attached hydrogen (secondary N) is 1. The first-order valence-electron chi connectivity index (χ1n) is 6.29. The van der Waals surface area contributed by atoms with Crippen LogP contribution in [0.2, 0.25) is 0 Å². The first kappa shape index (κ1) is 17.6. The van der Waals surface area contributed by atoms with Gasteiger partial charge in [-0.2, -0.15) is 0 Å². The monoisotopic (exact) mass is 377 g/mol. The van der Waals surface area contributed by atoms with Crippen LogP contribution in [0, 0.1) is 0 Å². The van der Waals surface area contributed by atoms with Crippen molar-refractivity contribution in [3.8, 4) is 0 Å². The summed E-state index contributed by atoms with van der Waals surface area (Å²) in [6, 6.07) is 0. The Balaban J connectivity index is 3.37. The molecule has 8 heteroatoms. The largest absolute Gasteiger partial charge is 0.462 e. The van der Waals surface area contributed by atoms with E-state index in [-0.39, 0.29) is 34.9 Å². The van der Waals surface area contributed by atoms with Crippen LogP contribution in [0.25, 0.3) is 0 Å². The van der Waals surface area contributed by atoms with Gasteiger partial charge in [0.15, 0.2) is 0 Å². The summed E-state index contributed by atoms with van der Waals surface area (Å²) in [6.07, 6.45) is 0. The molecule has 1 aromatic heterocycles. The van der Waals surface area contributed by atoms with E-state index in [1.807, 2.05) is 0 Å². The van der Waals surface area contributed by atoms with Gasteiger partial charge in [0.05, 0.1) is 18.8 Å². The molecule has 0 saturated carbocycles. The zero-order valence-corrected chi connectivity index (χ0v) is 14.4. The highest BCUT2D eigenvalue weighted by Gasteiger charge is 2.28. The van der Waals surface area contributed by atoms with Crippen LogP contribution in [0.5, 0.6) is 0 Å². The number of hydrogen-bond donors (Lipinski definition) is 1. The SMILES string of the molecule is CCOC(=O)c1sc(NC(C)=O)c(C(=O)OCC)c1CBr. The summed E-state index contributed by atoms with van der Waals surface area (Å²) in [6.45, 7) is 5.13. The Hall–Kier alpha value is -1.41. The average Bonchev–Trinajstić information content (AvgIpc) is 2.76. The van der Waals surface area contributed by atoms with E-state index in [4.69, 9.17) is 9.47 Å². The molecule has 0 fully saturated rings. The molecule has 0 aliphatic rings. The van der Waals surface area contributed by atoms with Crippen molar-refractivity contribution in [2.45, 2.75) is 26.1 Å². The minimum absolute atomic E-state index is 0.192. The van der Waals surface area contributed by atoms with Crippen LogP contribution in [-0.4, -0.2) is 31.1 Å². The Morgan fingerprint density at radius 3 is 2.19 bits per heavy atom. The molecule has 1 rings (SSSR count). The van der Waals surface area contributed by atoms with Gasteiger partial charge in [0.2, 0.25) is 5.91 Å². The number of thiophene rings is 1. The second-order valence-electron chi connectivity index (χ2n) is 3.87. The highest BCUT2D eigenvalue weighted by Crippen LogP contribution is 2.36. The van der Waals surface area contributed by atoms with Crippen LogP contribution in [-0.2, 0) is 19.6 Å². The van der Waals surface area contributed by atoms with Crippen molar-refractivity contribution in [2.75, 3.05) is 18.5 Å². The van der Waals surface area contributed by atoms with Crippen LogP contribution >= 0.6 is 27.3 Å². The Morgan fingerprint density at radius 2 is 1.71 bits per heavy atom. The number of carbonyl (C=O) groups excluding carboxylic acids is 3. The third-order valence-corrected chi connectivity index (χ3v) is 4.06. The Bertz CT molecular complexity index is 555. The number of hydrogen-bond acceptors (Lipinski definition) is 6. The second-order valence-corrected chi connectivity index (χ2v) is 5.45. The summed E-state index contributed by atoms with van der Waals surface area (Å²) < 4.78 is 9.96. The van der Waals surface area contributed by atoms with Crippen molar-refractivity contribution in [1.82, 2.24) is 0 Å². The standard InChI is InChI=1S/C13H16BrNO5S/c1-4-19-12(17)9-8(6-14)10(13(18)20-5-2)21-11(9)15-7(3)16/h4-6H2,1-3H3,(H,15,16). The predicted molar refractivity (Wildman–Crippen MR) is 83.2 cm³/mol. The van der Waals surface area contributed by atoms with E-state index in [0.717, 1.165) is 11.3 Å². The molecule has 1 heterocycles. The maximum Gasteiger partial charge on any atom is 0.348 e. The Kier molecular flexibility index (Phi) is 6.83. The number of carbonyl (C=O) groups is 3. The molecule has 0 unspecified atom stereocenters. The molecule has 0 spiro atoms. The quantitative estimate of drug-likeness (QED) is 0.608. The lowest BCUT2D eigenvalue weighted by Crippen LogP contribution is -2.12. The van der Waals surface area contributed by atoms with Crippen LogP contribution in [0.15, 0.2) is 0 Å². The average molecular weight is 378 g/mol. The van der Waals surface area contributed by atoms with Gasteiger partial charge in [0.25, 0.3) is 0 Å². The van der Waals surface area contributed by atoms with Gasteiger partial charge in [-0.1, -0.05) is 15.9 Å². The smallest absolute Gasteiger partial charge is 0.348 e. The molecule has 116 valence electrons. The van der Waals surface area contributed by atoms with E-state index >= 15 is 0 Å². The summed E-state index contributed by atoms with van der Waals surface area (Å²) in [5, 5.41) is 3.11. The van der Waals surface area contributed by atoms with Crippen molar-refractivity contribution in [3.63, 3.8) is 0 Å². The lowest BCUT2D eigenvalue weighted by Gasteiger charge is -2.06. The third kappa shape index (κ3) is 4.28. The zero-order chi connectivity index (χ0) is 16.0. The number of rotatable bonds is 6.